The Balaban J connectivity index is 2.88. The second-order valence-electron chi connectivity index (χ2n) is 2.90. The monoisotopic (exact) mass is 283 g/mol. The number of hydrogen-bond acceptors (Lipinski definition) is 1. The molecule has 0 aliphatic rings. The summed E-state index contributed by atoms with van der Waals surface area (Å²) in [6, 6.07) is 4.27. The van der Waals surface area contributed by atoms with Crippen molar-refractivity contribution in [1.29, 1.82) is 0 Å². The van der Waals surface area contributed by atoms with Crippen molar-refractivity contribution in [2.24, 2.45) is 5.73 Å². The normalized spacial score (nSPS) is 13.3. The van der Waals surface area contributed by atoms with Gasteiger partial charge >= 0.3 is 0 Å². The molecule has 1 rings (SSSR count). The van der Waals surface area contributed by atoms with Crippen LogP contribution >= 0.6 is 27.5 Å². The van der Waals surface area contributed by atoms with Gasteiger partial charge in [0, 0.05) is 22.0 Å². The van der Waals surface area contributed by atoms with Crippen LogP contribution in [0.15, 0.2) is 22.7 Å². The minimum Gasteiger partial charge on any atom is -0.324 e. The highest BCUT2D eigenvalue weighted by Gasteiger charge is 2.15. The molecule has 0 aliphatic heterocycles. The van der Waals surface area contributed by atoms with Crippen LogP contribution in [0.4, 0.5) is 8.78 Å². The highest BCUT2D eigenvalue weighted by atomic mass is 79.9. The van der Waals surface area contributed by atoms with Crippen molar-refractivity contribution >= 4 is 27.5 Å². The molecule has 0 saturated heterocycles. The lowest BCUT2D eigenvalue weighted by molar-refractivity contribution is 0.128. The third-order valence-corrected chi connectivity index (χ3v) is 2.75. The van der Waals surface area contributed by atoms with E-state index in [9.17, 15) is 8.78 Å². The minimum absolute atomic E-state index is 0.362. The van der Waals surface area contributed by atoms with Gasteiger partial charge in [0.1, 0.15) is 0 Å². The quantitative estimate of drug-likeness (QED) is 0.898. The van der Waals surface area contributed by atoms with Crippen LogP contribution in [0.2, 0.25) is 5.02 Å². The highest BCUT2D eigenvalue weighted by Crippen LogP contribution is 2.28. The Hall–Kier alpha value is -0.190. The fourth-order valence-electron chi connectivity index (χ4n) is 1.12. The van der Waals surface area contributed by atoms with Crippen LogP contribution in [-0.4, -0.2) is 6.43 Å². The first kappa shape index (κ1) is 11.9. The van der Waals surface area contributed by atoms with E-state index in [1.165, 1.54) is 0 Å². The molecule has 0 fully saturated rings. The molecule has 1 atom stereocenters. The molecular formula is C9H9BrClF2N. The zero-order chi connectivity index (χ0) is 10.7. The molecule has 0 bridgehead atoms. The maximum absolute atomic E-state index is 12.1. The van der Waals surface area contributed by atoms with Gasteiger partial charge in [-0.1, -0.05) is 27.5 Å². The fraction of sp³-hybridized carbons (Fsp3) is 0.333. The maximum Gasteiger partial charge on any atom is 0.240 e. The Morgan fingerprint density at radius 2 is 2.07 bits per heavy atom. The van der Waals surface area contributed by atoms with Crippen molar-refractivity contribution in [2.75, 3.05) is 0 Å². The first-order valence-electron chi connectivity index (χ1n) is 3.99. The maximum atomic E-state index is 12.1. The summed E-state index contributed by atoms with van der Waals surface area (Å²) in [5, 5.41) is 0.493. The molecule has 1 aromatic carbocycles. The van der Waals surface area contributed by atoms with E-state index in [0.717, 1.165) is 0 Å². The molecule has 0 saturated carbocycles. The van der Waals surface area contributed by atoms with Gasteiger partial charge in [-0.25, -0.2) is 8.78 Å². The summed E-state index contributed by atoms with van der Waals surface area (Å²) in [5.41, 5.74) is 6.21. The molecular weight excluding hydrogens is 275 g/mol. The lowest BCUT2D eigenvalue weighted by Gasteiger charge is -2.13. The van der Waals surface area contributed by atoms with E-state index in [1.807, 2.05) is 0 Å². The molecule has 0 aromatic heterocycles. The van der Waals surface area contributed by atoms with Gasteiger partial charge in [-0.05, 0) is 23.8 Å². The molecule has 0 aliphatic carbocycles. The molecule has 5 heteroatoms. The second-order valence-corrected chi connectivity index (χ2v) is 4.19. The summed E-state index contributed by atoms with van der Waals surface area (Å²) < 4.78 is 24.9. The lowest BCUT2D eigenvalue weighted by Crippen LogP contribution is -2.14. The van der Waals surface area contributed by atoms with Crippen molar-refractivity contribution in [1.82, 2.24) is 0 Å². The van der Waals surface area contributed by atoms with E-state index in [4.69, 9.17) is 17.3 Å². The van der Waals surface area contributed by atoms with E-state index in [2.05, 4.69) is 15.9 Å². The predicted molar refractivity (Wildman–Crippen MR) is 56.7 cm³/mol. The summed E-state index contributed by atoms with van der Waals surface area (Å²) in [4.78, 5) is 0. The largest absolute Gasteiger partial charge is 0.324 e. The molecule has 2 N–H and O–H groups in total. The Morgan fingerprint density at radius 3 is 2.64 bits per heavy atom. The smallest absolute Gasteiger partial charge is 0.240 e. The van der Waals surface area contributed by atoms with Gasteiger partial charge in [0.2, 0.25) is 6.43 Å². The minimum atomic E-state index is -2.41. The summed E-state index contributed by atoms with van der Waals surface area (Å²) in [7, 11) is 0. The molecule has 0 radical (unpaired) electrons. The van der Waals surface area contributed by atoms with Crippen LogP contribution in [0.3, 0.4) is 0 Å². The van der Waals surface area contributed by atoms with Crippen molar-refractivity contribution in [2.45, 2.75) is 18.9 Å². The van der Waals surface area contributed by atoms with Gasteiger partial charge in [0.05, 0.1) is 0 Å². The van der Waals surface area contributed by atoms with Gasteiger partial charge in [-0.15, -0.1) is 0 Å². The first-order valence-corrected chi connectivity index (χ1v) is 5.16. The number of hydrogen-bond donors (Lipinski definition) is 1. The van der Waals surface area contributed by atoms with Crippen LogP contribution in [0.1, 0.15) is 18.0 Å². The summed E-state index contributed by atoms with van der Waals surface area (Å²) in [6.07, 6.45) is -2.77. The van der Waals surface area contributed by atoms with Gasteiger partial charge in [-0.3, -0.25) is 0 Å². The fourth-order valence-corrected chi connectivity index (χ4v) is 1.84. The van der Waals surface area contributed by atoms with E-state index in [0.29, 0.717) is 15.1 Å². The summed E-state index contributed by atoms with van der Waals surface area (Å²) in [6.45, 7) is 0. The van der Waals surface area contributed by atoms with Crippen LogP contribution in [-0.2, 0) is 0 Å². The number of nitrogens with two attached hydrogens (primary N) is 1. The van der Waals surface area contributed by atoms with Crippen LogP contribution in [0.25, 0.3) is 0 Å². The molecule has 1 nitrogen and oxygen atoms in total. The third-order valence-electron chi connectivity index (χ3n) is 1.79. The van der Waals surface area contributed by atoms with E-state index in [1.54, 1.807) is 18.2 Å². The van der Waals surface area contributed by atoms with Crippen molar-refractivity contribution in [3.8, 4) is 0 Å². The lowest BCUT2D eigenvalue weighted by atomic mass is 10.1. The predicted octanol–water partition coefficient (Wildman–Crippen LogP) is 3.76. The van der Waals surface area contributed by atoms with Crippen molar-refractivity contribution < 1.29 is 8.78 Å². The Bertz CT molecular complexity index is 320. The van der Waals surface area contributed by atoms with Crippen molar-refractivity contribution in [3.05, 3.63) is 33.3 Å². The van der Waals surface area contributed by atoms with Gasteiger partial charge < -0.3 is 5.73 Å². The average molecular weight is 285 g/mol. The topological polar surface area (TPSA) is 26.0 Å². The van der Waals surface area contributed by atoms with E-state index >= 15 is 0 Å². The van der Waals surface area contributed by atoms with E-state index < -0.39 is 12.5 Å². The molecule has 0 amide bonds. The van der Waals surface area contributed by atoms with Crippen LogP contribution in [0, 0.1) is 0 Å². The molecule has 0 spiro atoms. The van der Waals surface area contributed by atoms with Gasteiger partial charge in [0.15, 0.2) is 0 Å². The molecule has 1 aromatic rings. The molecule has 0 heterocycles. The summed E-state index contributed by atoms with van der Waals surface area (Å²) in [5.74, 6) is 0. The van der Waals surface area contributed by atoms with Crippen molar-refractivity contribution in [3.63, 3.8) is 0 Å². The second kappa shape index (κ2) is 5.05. The first-order chi connectivity index (χ1) is 6.50. The zero-order valence-electron chi connectivity index (χ0n) is 7.18. The molecule has 0 unspecified atom stereocenters. The van der Waals surface area contributed by atoms with Crippen LogP contribution < -0.4 is 5.73 Å². The Morgan fingerprint density at radius 1 is 1.43 bits per heavy atom. The summed E-state index contributed by atoms with van der Waals surface area (Å²) >= 11 is 8.97. The number of rotatable bonds is 3. The standard InChI is InChI=1S/C9H9BrClF2N/c10-7-2-1-5(11)3-6(7)8(14)4-9(12)13/h1-3,8-9H,4,14H2/t8-/m1/s1. The average Bonchev–Trinajstić information content (AvgIpc) is 2.08. The third kappa shape index (κ3) is 3.19. The zero-order valence-corrected chi connectivity index (χ0v) is 9.52. The molecule has 78 valence electrons. The van der Waals surface area contributed by atoms with E-state index in [-0.39, 0.29) is 6.42 Å². The number of halogens is 4. The number of benzene rings is 1. The highest BCUT2D eigenvalue weighted by molar-refractivity contribution is 9.10. The molecule has 14 heavy (non-hydrogen) atoms. The number of alkyl halides is 2. The van der Waals surface area contributed by atoms with Crippen LogP contribution in [0.5, 0.6) is 0 Å². The SMILES string of the molecule is N[C@H](CC(F)F)c1cc(Cl)ccc1Br. The Kier molecular flexibility index (Phi) is 4.29. The van der Waals surface area contributed by atoms with Gasteiger partial charge in [-0.2, -0.15) is 0 Å². The Labute approximate surface area is 94.4 Å². The van der Waals surface area contributed by atoms with Gasteiger partial charge in [0.25, 0.3) is 0 Å².